The molecule has 1 amide bonds. The van der Waals surface area contributed by atoms with Crippen molar-refractivity contribution in [3.63, 3.8) is 0 Å². The molecule has 100 valence electrons. The molecule has 0 aromatic carbocycles. The quantitative estimate of drug-likeness (QED) is 0.814. The molecule has 2 aliphatic heterocycles. The zero-order valence-corrected chi connectivity index (χ0v) is 11.7. The fourth-order valence-corrected chi connectivity index (χ4v) is 3.04. The molecule has 0 spiro atoms. The van der Waals surface area contributed by atoms with Crippen LogP contribution in [0.3, 0.4) is 0 Å². The first kappa shape index (κ1) is 14.8. The maximum atomic E-state index is 11.8. The fourth-order valence-electron chi connectivity index (χ4n) is 3.04. The number of hydrogen-bond donors (Lipinski definition) is 2. The monoisotopic (exact) mass is 260 g/mol. The summed E-state index contributed by atoms with van der Waals surface area (Å²) in [6, 6.07) is 1.71. The average Bonchev–Trinajstić information content (AvgIpc) is 2.57. The Morgan fingerprint density at radius 1 is 1.35 bits per heavy atom. The summed E-state index contributed by atoms with van der Waals surface area (Å²) in [4.78, 5) is 11.8. The number of fused-ring (bicyclic) bond motifs is 2. The van der Waals surface area contributed by atoms with Crippen LogP contribution in [0.15, 0.2) is 0 Å². The van der Waals surface area contributed by atoms with Crippen LogP contribution in [-0.4, -0.2) is 24.0 Å². The Kier molecular flexibility index (Phi) is 5.74. The van der Waals surface area contributed by atoms with Crippen LogP contribution in [-0.2, 0) is 4.79 Å². The number of hydrogen-bond acceptors (Lipinski definition) is 2. The van der Waals surface area contributed by atoms with E-state index in [1.807, 2.05) is 0 Å². The van der Waals surface area contributed by atoms with Crippen molar-refractivity contribution in [2.24, 2.45) is 5.92 Å². The molecule has 2 saturated heterocycles. The topological polar surface area (TPSA) is 41.1 Å². The van der Waals surface area contributed by atoms with Gasteiger partial charge < -0.3 is 10.6 Å². The summed E-state index contributed by atoms with van der Waals surface area (Å²) >= 11 is 0. The lowest BCUT2D eigenvalue weighted by Crippen LogP contribution is -2.40. The van der Waals surface area contributed by atoms with E-state index in [4.69, 9.17) is 0 Å². The van der Waals surface area contributed by atoms with E-state index in [0.29, 0.717) is 24.0 Å². The molecule has 3 unspecified atom stereocenters. The van der Waals surface area contributed by atoms with Gasteiger partial charge >= 0.3 is 0 Å². The summed E-state index contributed by atoms with van der Waals surface area (Å²) in [6.07, 6.45) is 6.78. The Morgan fingerprint density at radius 3 is 2.47 bits per heavy atom. The molecule has 4 heteroatoms. The van der Waals surface area contributed by atoms with Crippen molar-refractivity contribution in [2.75, 3.05) is 0 Å². The van der Waals surface area contributed by atoms with Gasteiger partial charge in [0.05, 0.1) is 0 Å². The lowest BCUT2D eigenvalue weighted by molar-refractivity contribution is -0.122. The molecule has 2 fully saturated rings. The van der Waals surface area contributed by atoms with Gasteiger partial charge in [0.15, 0.2) is 0 Å². The third-order valence-electron chi connectivity index (χ3n) is 4.06. The van der Waals surface area contributed by atoms with E-state index in [0.717, 1.165) is 12.8 Å². The third-order valence-corrected chi connectivity index (χ3v) is 4.06. The van der Waals surface area contributed by atoms with Gasteiger partial charge in [-0.25, -0.2) is 0 Å². The van der Waals surface area contributed by atoms with Crippen molar-refractivity contribution >= 4 is 18.3 Å². The van der Waals surface area contributed by atoms with Gasteiger partial charge in [-0.2, -0.15) is 0 Å². The summed E-state index contributed by atoms with van der Waals surface area (Å²) in [6.45, 7) is 4.18. The molecule has 2 rings (SSSR count). The van der Waals surface area contributed by atoms with E-state index in [-0.39, 0.29) is 18.3 Å². The number of nitrogens with one attached hydrogen (secondary N) is 2. The SMILES string of the molecule is CCC(C)NC(=O)CC1CC2CCC(C1)N2.Cl. The molecule has 2 bridgehead atoms. The predicted molar refractivity (Wildman–Crippen MR) is 72.4 cm³/mol. The van der Waals surface area contributed by atoms with E-state index < -0.39 is 0 Å². The predicted octanol–water partition coefficient (Wildman–Crippen LogP) is 2.24. The first-order chi connectivity index (χ1) is 7.67. The third kappa shape index (κ3) is 4.14. The van der Waals surface area contributed by atoms with Gasteiger partial charge in [-0.3, -0.25) is 4.79 Å². The second-order valence-electron chi connectivity index (χ2n) is 5.56. The van der Waals surface area contributed by atoms with Crippen LogP contribution in [0.25, 0.3) is 0 Å². The summed E-state index contributed by atoms with van der Waals surface area (Å²) in [5, 5.41) is 6.68. The molecule has 0 saturated carbocycles. The normalized spacial score (nSPS) is 32.7. The van der Waals surface area contributed by atoms with Crippen LogP contribution in [0.1, 0.15) is 52.4 Å². The highest BCUT2D eigenvalue weighted by Gasteiger charge is 2.34. The van der Waals surface area contributed by atoms with Crippen molar-refractivity contribution in [1.82, 2.24) is 10.6 Å². The number of piperidine rings is 1. The van der Waals surface area contributed by atoms with Crippen LogP contribution < -0.4 is 10.6 Å². The van der Waals surface area contributed by atoms with Crippen LogP contribution >= 0.6 is 12.4 Å². The zero-order chi connectivity index (χ0) is 11.5. The molecule has 0 aromatic heterocycles. The maximum Gasteiger partial charge on any atom is 0.220 e. The first-order valence-electron chi connectivity index (χ1n) is 6.72. The van der Waals surface area contributed by atoms with Crippen molar-refractivity contribution in [2.45, 2.75) is 70.5 Å². The molecular weight excluding hydrogens is 236 g/mol. The largest absolute Gasteiger partial charge is 0.354 e. The van der Waals surface area contributed by atoms with Crippen molar-refractivity contribution < 1.29 is 4.79 Å². The highest BCUT2D eigenvalue weighted by molar-refractivity contribution is 5.85. The Hall–Kier alpha value is -0.280. The highest BCUT2D eigenvalue weighted by Crippen LogP contribution is 2.32. The summed E-state index contributed by atoms with van der Waals surface area (Å²) in [5.41, 5.74) is 0. The first-order valence-corrected chi connectivity index (χ1v) is 6.72. The van der Waals surface area contributed by atoms with E-state index >= 15 is 0 Å². The lowest BCUT2D eigenvalue weighted by atomic mass is 9.89. The van der Waals surface area contributed by atoms with Gasteiger partial charge in [-0.1, -0.05) is 6.92 Å². The smallest absolute Gasteiger partial charge is 0.220 e. The Bertz CT molecular complexity index is 248. The number of carbonyl (C=O) groups excluding carboxylic acids is 1. The van der Waals surface area contributed by atoms with E-state index in [1.165, 1.54) is 25.7 Å². The van der Waals surface area contributed by atoms with Gasteiger partial charge in [0.1, 0.15) is 0 Å². The number of halogens is 1. The summed E-state index contributed by atoms with van der Waals surface area (Å²) in [5.74, 6) is 0.864. The van der Waals surface area contributed by atoms with Crippen molar-refractivity contribution in [3.05, 3.63) is 0 Å². The average molecular weight is 261 g/mol. The highest BCUT2D eigenvalue weighted by atomic mass is 35.5. The number of amides is 1. The minimum absolute atomic E-state index is 0. The van der Waals surface area contributed by atoms with Crippen molar-refractivity contribution in [1.29, 1.82) is 0 Å². The molecule has 0 aliphatic carbocycles. The molecule has 3 atom stereocenters. The van der Waals surface area contributed by atoms with E-state index in [1.54, 1.807) is 0 Å². The lowest BCUT2D eigenvalue weighted by Gasteiger charge is -2.29. The maximum absolute atomic E-state index is 11.8. The van der Waals surface area contributed by atoms with Crippen LogP contribution in [0.4, 0.5) is 0 Å². The van der Waals surface area contributed by atoms with E-state index in [2.05, 4.69) is 24.5 Å². The minimum Gasteiger partial charge on any atom is -0.354 e. The Labute approximate surface area is 111 Å². The molecular formula is C13H25ClN2O. The van der Waals surface area contributed by atoms with E-state index in [9.17, 15) is 4.79 Å². The van der Waals surface area contributed by atoms with Gasteiger partial charge in [0, 0.05) is 24.5 Å². The molecule has 2 N–H and O–H groups in total. The van der Waals surface area contributed by atoms with Gasteiger partial charge in [0.2, 0.25) is 5.91 Å². The van der Waals surface area contributed by atoms with Crippen molar-refractivity contribution in [3.8, 4) is 0 Å². The molecule has 2 aliphatic rings. The summed E-state index contributed by atoms with van der Waals surface area (Å²) in [7, 11) is 0. The number of carbonyl (C=O) groups is 1. The molecule has 17 heavy (non-hydrogen) atoms. The summed E-state index contributed by atoms with van der Waals surface area (Å²) < 4.78 is 0. The molecule has 0 radical (unpaired) electrons. The van der Waals surface area contributed by atoms with Crippen LogP contribution in [0, 0.1) is 5.92 Å². The Morgan fingerprint density at radius 2 is 1.94 bits per heavy atom. The Balaban J connectivity index is 0.00000144. The van der Waals surface area contributed by atoms with Gasteiger partial charge in [-0.15, -0.1) is 12.4 Å². The standard InChI is InChI=1S/C13H24N2O.ClH/c1-3-9(2)14-13(16)8-10-6-11-4-5-12(7-10)15-11;/h9-12,15H,3-8H2,1-2H3,(H,14,16);1H. The van der Waals surface area contributed by atoms with Gasteiger partial charge in [-0.05, 0) is 44.9 Å². The van der Waals surface area contributed by atoms with Crippen LogP contribution in [0.5, 0.6) is 0 Å². The van der Waals surface area contributed by atoms with Gasteiger partial charge in [0.25, 0.3) is 0 Å². The molecule has 0 aromatic rings. The molecule has 3 nitrogen and oxygen atoms in total. The second kappa shape index (κ2) is 6.60. The molecule has 2 heterocycles. The fraction of sp³-hybridized carbons (Fsp3) is 0.923. The second-order valence-corrected chi connectivity index (χ2v) is 5.56. The number of rotatable bonds is 4. The van der Waals surface area contributed by atoms with Crippen LogP contribution in [0.2, 0.25) is 0 Å². The zero-order valence-electron chi connectivity index (χ0n) is 10.9. The minimum atomic E-state index is 0.